The lowest BCUT2D eigenvalue weighted by Crippen LogP contribution is -2.31. The third kappa shape index (κ3) is 2.12. The Morgan fingerprint density at radius 2 is 1.72 bits per heavy atom. The Morgan fingerprint density at radius 1 is 1.04 bits per heavy atom. The molecule has 0 bridgehead atoms. The monoisotopic (exact) mass is 354 g/mol. The van der Waals surface area contributed by atoms with Gasteiger partial charge in [-0.25, -0.2) is 9.29 Å². The van der Waals surface area contributed by atoms with Crippen molar-refractivity contribution < 1.29 is 8.42 Å². The molecular formula is C18H18N4O2S. The number of nitrogens with zero attached hydrogens (tertiary/aromatic N) is 4. The van der Waals surface area contributed by atoms with Crippen LogP contribution < -0.4 is 4.31 Å². The Bertz CT molecular complexity index is 1100. The lowest BCUT2D eigenvalue weighted by Gasteiger charge is -2.30. The molecule has 1 aliphatic heterocycles. The van der Waals surface area contributed by atoms with E-state index in [0.29, 0.717) is 28.3 Å². The van der Waals surface area contributed by atoms with E-state index in [9.17, 15) is 8.42 Å². The molecule has 7 heteroatoms. The second-order valence-electron chi connectivity index (χ2n) is 6.27. The van der Waals surface area contributed by atoms with Gasteiger partial charge in [0.25, 0.3) is 10.0 Å². The number of hydrogen-bond donors (Lipinski definition) is 0. The van der Waals surface area contributed by atoms with Crippen molar-refractivity contribution >= 4 is 21.4 Å². The summed E-state index contributed by atoms with van der Waals surface area (Å²) in [7, 11) is -2.02. The summed E-state index contributed by atoms with van der Waals surface area (Å²) < 4.78 is 30.0. The van der Waals surface area contributed by atoms with Gasteiger partial charge < -0.3 is 0 Å². The largest absolute Gasteiger partial charge is 0.287 e. The number of benzene rings is 1. The Kier molecular flexibility index (Phi) is 3.27. The van der Waals surface area contributed by atoms with E-state index in [-0.39, 0.29) is 5.03 Å². The van der Waals surface area contributed by atoms with Crippen LogP contribution in [0, 0.1) is 20.8 Å². The number of pyridine rings is 1. The molecule has 0 N–H and O–H groups in total. The smallest absolute Gasteiger partial charge is 0.270 e. The number of sulfonamides is 1. The average Bonchev–Trinajstić information content (AvgIpc) is 2.83. The molecule has 0 fully saturated rings. The first-order valence-electron chi connectivity index (χ1n) is 7.95. The average molecular weight is 354 g/mol. The minimum absolute atomic E-state index is 0.0689. The molecule has 1 aliphatic rings. The van der Waals surface area contributed by atoms with Crippen molar-refractivity contribution in [2.24, 2.45) is 7.05 Å². The molecule has 2 aromatic heterocycles. The maximum atomic E-state index is 13.5. The van der Waals surface area contributed by atoms with Gasteiger partial charge in [-0.05, 0) is 44.5 Å². The predicted octanol–water partition coefficient (Wildman–Crippen LogP) is 3.25. The minimum Gasteiger partial charge on any atom is -0.270 e. The third-order valence-corrected chi connectivity index (χ3v) is 6.19. The first-order chi connectivity index (χ1) is 11.8. The second kappa shape index (κ2) is 5.16. The topological polar surface area (TPSA) is 68.1 Å². The fraction of sp³-hybridized carbons (Fsp3) is 0.222. The van der Waals surface area contributed by atoms with Crippen LogP contribution in [0.25, 0.3) is 11.3 Å². The van der Waals surface area contributed by atoms with Crippen LogP contribution >= 0.6 is 0 Å². The van der Waals surface area contributed by atoms with Gasteiger partial charge in [-0.1, -0.05) is 18.2 Å². The summed E-state index contributed by atoms with van der Waals surface area (Å²) in [4.78, 5) is 4.36. The number of anilines is 2. The Hall–Kier alpha value is -2.67. The van der Waals surface area contributed by atoms with Gasteiger partial charge in [-0.15, -0.1) is 0 Å². The van der Waals surface area contributed by atoms with Gasteiger partial charge in [0.05, 0.1) is 11.4 Å². The standard InChI is InChI=1S/C18H18N4O2S/c1-11-10-12(2)19-18-15(11)16-17(13(3)21(4)20-16)22(25(18,23)24)14-8-6-5-7-9-14/h5-10H,1-4H3. The van der Waals surface area contributed by atoms with Gasteiger partial charge in [0, 0.05) is 18.3 Å². The first-order valence-corrected chi connectivity index (χ1v) is 9.39. The molecule has 128 valence electrons. The predicted molar refractivity (Wildman–Crippen MR) is 96.4 cm³/mol. The van der Waals surface area contributed by atoms with E-state index in [4.69, 9.17) is 0 Å². The summed E-state index contributed by atoms with van der Waals surface area (Å²) in [6, 6.07) is 10.9. The summed E-state index contributed by atoms with van der Waals surface area (Å²) in [5.74, 6) is 0. The molecule has 1 aromatic carbocycles. The zero-order chi connectivity index (χ0) is 17.9. The summed E-state index contributed by atoms with van der Waals surface area (Å²) in [5.41, 5.74) is 4.73. The molecule has 0 aliphatic carbocycles. The van der Waals surface area contributed by atoms with E-state index in [1.165, 1.54) is 4.31 Å². The quantitative estimate of drug-likeness (QED) is 0.673. The van der Waals surface area contributed by atoms with Crippen molar-refractivity contribution in [3.63, 3.8) is 0 Å². The van der Waals surface area contributed by atoms with Crippen LogP contribution in [-0.4, -0.2) is 23.2 Å². The third-order valence-electron chi connectivity index (χ3n) is 4.53. The molecule has 0 radical (unpaired) electrons. The molecule has 0 amide bonds. The maximum absolute atomic E-state index is 13.5. The van der Waals surface area contributed by atoms with E-state index < -0.39 is 10.0 Å². The van der Waals surface area contributed by atoms with Gasteiger partial charge >= 0.3 is 0 Å². The molecule has 25 heavy (non-hydrogen) atoms. The summed E-state index contributed by atoms with van der Waals surface area (Å²) >= 11 is 0. The normalized spacial score (nSPS) is 15.0. The highest BCUT2D eigenvalue weighted by atomic mass is 32.2. The highest BCUT2D eigenvalue weighted by Gasteiger charge is 2.41. The Balaban J connectivity index is 2.17. The van der Waals surface area contributed by atoms with Crippen LogP contribution in [-0.2, 0) is 17.1 Å². The molecule has 3 heterocycles. The van der Waals surface area contributed by atoms with Crippen molar-refractivity contribution in [2.75, 3.05) is 4.31 Å². The molecule has 4 rings (SSSR count). The van der Waals surface area contributed by atoms with Crippen LogP contribution in [0.5, 0.6) is 0 Å². The van der Waals surface area contributed by atoms with E-state index in [1.54, 1.807) is 23.7 Å². The van der Waals surface area contributed by atoms with Gasteiger partial charge in [0.1, 0.15) is 11.4 Å². The number of aryl methyl sites for hydroxylation is 3. The van der Waals surface area contributed by atoms with Crippen LogP contribution in [0.2, 0.25) is 0 Å². The van der Waals surface area contributed by atoms with Crippen molar-refractivity contribution in [3.05, 3.63) is 53.3 Å². The molecule has 0 atom stereocenters. The van der Waals surface area contributed by atoms with Gasteiger partial charge in [0.15, 0.2) is 5.03 Å². The van der Waals surface area contributed by atoms with Crippen LogP contribution in [0.1, 0.15) is 17.0 Å². The van der Waals surface area contributed by atoms with Crippen molar-refractivity contribution in [2.45, 2.75) is 25.8 Å². The number of hydrogen-bond acceptors (Lipinski definition) is 4. The molecule has 0 spiro atoms. The van der Waals surface area contributed by atoms with E-state index in [1.807, 2.05) is 45.2 Å². The maximum Gasteiger partial charge on any atom is 0.287 e. The minimum atomic E-state index is -3.83. The van der Waals surface area contributed by atoms with Gasteiger partial charge in [-0.2, -0.15) is 13.5 Å². The number of rotatable bonds is 1. The summed E-state index contributed by atoms with van der Waals surface area (Å²) in [6.45, 7) is 5.57. The zero-order valence-electron chi connectivity index (χ0n) is 14.5. The lowest BCUT2D eigenvalue weighted by atomic mass is 10.1. The molecule has 6 nitrogen and oxygen atoms in total. The molecule has 0 unspecified atom stereocenters. The van der Waals surface area contributed by atoms with Gasteiger partial charge in [0.2, 0.25) is 0 Å². The van der Waals surface area contributed by atoms with E-state index >= 15 is 0 Å². The summed E-state index contributed by atoms with van der Waals surface area (Å²) in [6.07, 6.45) is 0. The SMILES string of the molecule is Cc1cc(C)c2c(n1)S(=O)(=O)N(c1ccccc1)c1c-2nn(C)c1C. The molecule has 3 aromatic rings. The Labute approximate surface area is 146 Å². The number of para-hydroxylation sites is 1. The van der Waals surface area contributed by atoms with E-state index in [2.05, 4.69) is 10.1 Å². The van der Waals surface area contributed by atoms with Crippen molar-refractivity contribution in [1.82, 2.24) is 14.8 Å². The van der Waals surface area contributed by atoms with Gasteiger partial charge in [-0.3, -0.25) is 4.68 Å². The highest BCUT2D eigenvalue weighted by Crippen LogP contribution is 2.48. The van der Waals surface area contributed by atoms with Crippen LogP contribution in [0.15, 0.2) is 41.4 Å². The van der Waals surface area contributed by atoms with Crippen molar-refractivity contribution in [1.29, 1.82) is 0 Å². The molecular weight excluding hydrogens is 336 g/mol. The van der Waals surface area contributed by atoms with Crippen LogP contribution in [0.3, 0.4) is 0 Å². The molecule has 0 saturated carbocycles. The second-order valence-corrected chi connectivity index (χ2v) is 7.97. The first kappa shape index (κ1) is 15.8. The fourth-order valence-electron chi connectivity index (χ4n) is 3.32. The van der Waals surface area contributed by atoms with Crippen molar-refractivity contribution in [3.8, 4) is 11.3 Å². The zero-order valence-corrected chi connectivity index (χ0v) is 15.3. The van der Waals surface area contributed by atoms with E-state index in [0.717, 1.165) is 11.3 Å². The van der Waals surface area contributed by atoms with Crippen LogP contribution in [0.4, 0.5) is 11.4 Å². The molecule has 0 saturated heterocycles. The highest BCUT2D eigenvalue weighted by molar-refractivity contribution is 7.93. The Morgan fingerprint density at radius 3 is 2.40 bits per heavy atom. The lowest BCUT2D eigenvalue weighted by molar-refractivity contribution is 0.591. The fourth-order valence-corrected chi connectivity index (χ4v) is 5.13. The number of aromatic nitrogens is 3. The summed E-state index contributed by atoms with van der Waals surface area (Å²) in [5, 5.41) is 4.66. The number of fused-ring (bicyclic) bond motifs is 3.